The lowest BCUT2D eigenvalue weighted by atomic mass is 10.2. The summed E-state index contributed by atoms with van der Waals surface area (Å²) in [6.07, 6.45) is 2.98. The Kier molecular flexibility index (Phi) is 8.60. The molecule has 130 valence electrons. The van der Waals surface area contributed by atoms with Gasteiger partial charge in [-0.15, -0.1) is 0 Å². The minimum absolute atomic E-state index is 0.272. The molecule has 0 aliphatic carbocycles. The number of aliphatic hydroxyl groups excluding tert-OH is 1. The van der Waals surface area contributed by atoms with E-state index < -0.39 is 0 Å². The monoisotopic (exact) mass is 411 g/mol. The molecule has 0 saturated heterocycles. The second-order valence-electron chi connectivity index (χ2n) is 5.63. The van der Waals surface area contributed by atoms with E-state index in [9.17, 15) is 0 Å². The molecule has 2 aromatic rings. The lowest BCUT2D eigenvalue weighted by Crippen LogP contribution is -2.15. The van der Waals surface area contributed by atoms with Crippen LogP contribution >= 0.6 is 27.5 Å². The van der Waals surface area contributed by atoms with Crippen LogP contribution in [0.25, 0.3) is 0 Å². The van der Waals surface area contributed by atoms with Crippen LogP contribution in [0.1, 0.15) is 30.4 Å². The summed E-state index contributed by atoms with van der Waals surface area (Å²) in [6, 6.07) is 13.7. The van der Waals surface area contributed by atoms with E-state index >= 15 is 0 Å². The Morgan fingerprint density at radius 2 is 1.83 bits per heavy atom. The molecule has 0 heterocycles. The Labute approximate surface area is 157 Å². The fourth-order valence-corrected chi connectivity index (χ4v) is 2.86. The molecule has 0 atom stereocenters. The van der Waals surface area contributed by atoms with Crippen molar-refractivity contribution in [1.82, 2.24) is 5.32 Å². The summed E-state index contributed by atoms with van der Waals surface area (Å²) >= 11 is 9.42. The Balaban J connectivity index is 1.88. The average Bonchev–Trinajstić information content (AvgIpc) is 2.58. The van der Waals surface area contributed by atoms with Crippen molar-refractivity contribution in [2.45, 2.75) is 32.4 Å². The van der Waals surface area contributed by atoms with E-state index in [1.165, 1.54) is 0 Å². The van der Waals surface area contributed by atoms with Gasteiger partial charge in [0.1, 0.15) is 12.4 Å². The fourth-order valence-electron chi connectivity index (χ4n) is 2.33. The predicted molar refractivity (Wildman–Crippen MR) is 103 cm³/mol. The quantitative estimate of drug-likeness (QED) is 0.543. The number of halogens is 2. The Hall–Kier alpha value is -1.07. The highest BCUT2D eigenvalue weighted by atomic mass is 79.9. The first-order valence-corrected chi connectivity index (χ1v) is 9.33. The smallest absolute Gasteiger partial charge is 0.124 e. The fraction of sp³-hybridized carbons (Fsp3) is 0.368. The van der Waals surface area contributed by atoms with Crippen molar-refractivity contribution in [3.8, 4) is 5.75 Å². The number of hydrogen-bond acceptors (Lipinski definition) is 3. The van der Waals surface area contributed by atoms with Crippen molar-refractivity contribution in [2.24, 2.45) is 0 Å². The molecule has 0 radical (unpaired) electrons. The summed E-state index contributed by atoms with van der Waals surface area (Å²) in [5.41, 5.74) is 2.21. The van der Waals surface area contributed by atoms with Gasteiger partial charge >= 0.3 is 0 Å². The van der Waals surface area contributed by atoms with Gasteiger partial charge in [-0.3, -0.25) is 0 Å². The Bertz CT molecular complexity index is 619. The molecule has 5 heteroatoms. The van der Waals surface area contributed by atoms with Crippen molar-refractivity contribution in [2.75, 3.05) is 13.2 Å². The number of unbranched alkanes of at least 4 members (excludes halogenated alkanes) is 2. The minimum atomic E-state index is 0.272. The van der Waals surface area contributed by atoms with Crippen LogP contribution in [0.4, 0.5) is 0 Å². The van der Waals surface area contributed by atoms with Gasteiger partial charge in [0.15, 0.2) is 0 Å². The molecule has 3 nitrogen and oxygen atoms in total. The highest BCUT2D eigenvalue weighted by molar-refractivity contribution is 9.10. The van der Waals surface area contributed by atoms with Gasteiger partial charge in [0, 0.05) is 28.2 Å². The van der Waals surface area contributed by atoms with Gasteiger partial charge < -0.3 is 15.2 Å². The van der Waals surface area contributed by atoms with Crippen LogP contribution in [0, 0.1) is 0 Å². The molecule has 24 heavy (non-hydrogen) atoms. The zero-order valence-corrected chi connectivity index (χ0v) is 15.9. The SMILES string of the molecule is OCCCCCNCc1cc(Br)ccc1OCc1ccc(Cl)cc1. The van der Waals surface area contributed by atoms with Gasteiger partial charge in [-0.25, -0.2) is 0 Å². The number of rotatable bonds is 10. The van der Waals surface area contributed by atoms with Crippen LogP contribution < -0.4 is 10.1 Å². The van der Waals surface area contributed by atoms with Crippen molar-refractivity contribution >= 4 is 27.5 Å². The van der Waals surface area contributed by atoms with Gasteiger partial charge in [-0.2, -0.15) is 0 Å². The third-order valence-electron chi connectivity index (χ3n) is 3.66. The molecule has 0 unspecified atom stereocenters. The second kappa shape index (κ2) is 10.7. The molecular formula is C19H23BrClNO2. The molecule has 0 saturated carbocycles. The Morgan fingerprint density at radius 1 is 1.04 bits per heavy atom. The largest absolute Gasteiger partial charge is 0.489 e. The summed E-state index contributed by atoms with van der Waals surface area (Å²) in [4.78, 5) is 0. The minimum Gasteiger partial charge on any atom is -0.489 e. The van der Waals surface area contributed by atoms with Crippen LogP contribution in [0.3, 0.4) is 0 Å². The maximum Gasteiger partial charge on any atom is 0.124 e. The lowest BCUT2D eigenvalue weighted by molar-refractivity contribution is 0.282. The topological polar surface area (TPSA) is 41.5 Å². The molecule has 2 aromatic carbocycles. The molecule has 0 aromatic heterocycles. The maximum absolute atomic E-state index is 8.79. The standard InChI is InChI=1S/C19H23BrClNO2/c20-17-6-9-19(24-14-15-4-7-18(21)8-5-15)16(12-17)13-22-10-2-1-3-11-23/h4-9,12,22-23H,1-3,10-11,13-14H2. The van der Waals surface area contributed by atoms with E-state index in [-0.39, 0.29) is 6.61 Å². The summed E-state index contributed by atoms with van der Waals surface area (Å²) in [7, 11) is 0. The molecule has 0 bridgehead atoms. The zero-order chi connectivity index (χ0) is 17.2. The number of nitrogens with one attached hydrogen (secondary N) is 1. The van der Waals surface area contributed by atoms with Crippen LogP contribution in [0.15, 0.2) is 46.9 Å². The van der Waals surface area contributed by atoms with E-state index in [1.807, 2.05) is 36.4 Å². The molecule has 0 fully saturated rings. The van der Waals surface area contributed by atoms with Crippen molar-refractivity contribution in [3.05, 3.63) is 63.1 Å². The van der Waals surface area contributed by atoms with Gasteiger partial charge in [-0.05, 0) is 61.7 Å². The first-order valence-electron chi connectivity index (χ1n) is 8.16. The number of hydrogen-bond donors (Lipinski definition) is 2. The summed E-state index contributed by atoms with van der Waals surface area (Å²) in [5, 5.41) is 13.0. The molecule has 0 aliphatic rings. The highest BCUT2D eigenvalue weighted by Crippen LogP contribution is 2.24. The van der Waals surface area contributed by atoms with Gasteiger partial charge in [0.2, 0.25) is 0 Å². The summed E-state index contributed by atoms with van der Waals surface area (Å²) < 4.78 is 7.02. The molecule has 2 N–H and O–H groups in total. The first-order chi connectivity index (χ1) is 11.7. The number of aliphatic hydroxyl groups is 1. The van der Waals surface area contributed by atoms with Crippen molar-refractivity contribution in [1.29, 1.82) is 0 Å². The molecule has 0 spiro atoms. The van der Waals surface area contributed by atoms with Gasteiger partial charge in [0.05, 0.1) is 0 Å². The molecule has 0 amide bonds. The number of benzene rings is 2. The van der Waals surface area contributed by atoms with Gasteiger partial charge in [0.25, 0.3) is 0 Å². The lowest BCUT2D eigenvalue weighted by Gasteiger charge is -2.13. The third kappa shape index (κ3) is 6.81. The normalized spacial score (nSPS) is 10.8. The van der Waals surface area contributed by atoms with Crippen LogP contribution in [-0.4, -0.2) is 18.3 Å². The second-order valence-corrected chi connectivity index (χ2v) is 6.98. The van der Waals surface area contributed by atoms with E-state index in [1.54, 1.807) is 0 Å². The van der Waals surface area contributed by atoms with Gasteiger partial charge in [-0.1, -0.05) is 39.7 Å². The average molecular weight is 413 g/mol. The van der Waals surface area contributed by atoms with Crippen LogP contribution in [-0.2, 0) is 13.2 Å². The first kappa shape index (κ1) is 19.3. The number of ether oxygens (including phenoxy) is 1. The highest BCUT2D eigenvalue weighted by Gasteiger charge is 2.05. The molecular weight excluding hydrogens is 390 g/mol. The van der Waals surface area contributed by atoms with E-state index in [0.29, 0.717) is 6.61 Å². The summed E-state index contributed by atoms with van der Waals surface area (Å²) in [6.45, 7) is 2.48. The predicted octanol–water partition coefficient (Wildman–Crippen LogP) is 4.93. The van der Waals surface area contributed by atoms with E-state index in [0.717, 1.165) is 58.7 Å². The maximum atomic E-state index is 8.79. The van der Waals surface area contributed by atoms with Crippen LogP contribution in [0.5, 0.6) is 5.75 Å². The van der Waals surface area contributed by atoms with Crippen LogP contribution in [0.2, 0.25) is 5.02 Å². The van der Waals surface area contributed by atoms with Crippen molar-refractivity contribution < 1.29 is 9.84 Å². The van der Waals surface area contributed by atoms with E-state index in [4.69, 9.17) is 21.4 Å². The third-order valence-corrected chi connectivity index (χ3v) is 4.40. The molecule has 2 rings (SSSR count). The van der Waals surface area contributed by atoms with Crippen molar-refractivity contribution in [3.63, 3.8) is 0 Å². The zero-order valence-electron chi connectivity index (χ0n) is 13.6. The molecule has 0 aliphatic heterocycles. The van der Waals surface area contributed by atoms with E-state index in [2.05, 4.69) is 27.3 Å². The summed E-state index contributed by atoms with van der Waals surface area (Å²) in [5.74, 6) is 0.885. The Morgan fingerprint density at radius 3 is 2.58 bits per heavy atom.